The molecule has 12 unspecified atom stereocenters. The number of nitrogens with zero attached hydrogens (tertiary/aromatic N) is 19. The summed E-state index contributed by atoms with van der Waals surface area (Å²) in [5.74, 6) is 4.03. The minimum Gasteiger partial charge on any atom is -0.471 e. The number of hydrogen-bond donors (Lipinski definition) is 0. The third-order valence-corrected chi connectivity index (χ3v) is 26.0. The first-order valence-electron chi connectivity index (χ1n) is 43.2. The molecule has 12 aromatic rings. The molecule has 12 atom stereocenters. The lowest BCUT2D eigenvalue weighted by Crippen LogP contribution is -2.59. The van der Waals surface area contributed by atoms with Crippen molar-refractivity contribution in [3.8, 4) is 69.2 Å². The Bertz CT molecular complexity index is 5910. The number of carbonyl (C=O) groups excluding carboxylic acids is 4. The third kappa shape index (κ3) is 19.6. The molecule has 128 heavy (non-hydrogen) atoms. The van der Waals surface area contributed by atoms with Gasteiger partial charge in [-0.2, -0.15) is 0 Å². The molecule has 4 amide bonds. The van der Waals surface area contributed by atoms with Crippen molar-refractivity contribution in [3.05, 3.63) is 265 Å². The van der Waals surface area contributed by atoms with Crippen LogP contribution in [0.1, 0.15) is 158 Å². The van der Waals surface area contributed by atoms with Crippen molar-refractivity contribution in [2.24, 2.45) is 23.7 Å². The first kappa shape index (κ1) is 87.8. The van der Waals surface area contributed by atoms with Crippen LogP contribution in [0.4, 0.5) is 4.39 Å². The Morgan fingerprint density at radius 3 is 1.09 bits per heavy atom. The summed E-state index contributed by atoms with van der Waals surface area (Å²) >= 11 is 25.4. The molecule has 4 saturated carbocycles. The molecule has 8 bridgehead atoms. The SMILES string of the molecule is Cc1cnc(OC2CC3CCC2N(C(=O)c2cc(C)cnc2-c2ncccn2)C3)c(Cl)c1.Cc1cnc(OC2CC3CCC2N(C(=O)c2ccccc2-c2ncc(F)cn2)C3)c(Cl)c1.Cc1cnc(OC2CC3CCC2N(C(=O)c2nc(C)ccc2-c2ncccn2)C3)c(Cl)c1.Cc1cnc(OC2CC3CCC2N(C(=O)c2ncc(C)cc2-c2ncccn2)C3)c(Cl)c1. The number of halogens is 5. The van der Waals surface area contributed by atoms with Crippen LogP contribution in [0.15, 0.2) is 178 Å². The van der Waals surface area contributed by atoms with Gasteiger partial charge in [-0.3, -0.25) is 29.1 Å². The molecule has 19 heterocycles. The number of aryl methyl sites for hydroxylation is 7. The quantitative estimate of drug-likeness (QED) is 0.0867. The van der Waals surface area contributed by atoms with Crippen molar-refractivity contribution in [2.45, 2.75) is 174 Å². The van der Waals surface area contributed by atoms with E-state index in [2.05, 4.69) is 74.8 Å². The smallest absolute Gasteiger partial charge is 0.273 e. The molecule has 8 aliphatic heterocycles. The maximum atomic E-state index is 13.8. The molecule has 11 aromatic heterocycles. The fourth-order valence-electron chi connectivity index (χ4n) is 18.9. The Labute approximate surface area is 760 Å². The summed E-state index contributed by atoms with van der Waals surface area (Å²) in [7, 11) is 0. The molecule has 12 aliphatic rings. The standard InChI is InChI=1S/C24H22ClFN4O2.3C24H24ClN5O2/c1-14-8-19(25)23(29-10-14)32-21-9-15-6-7-20(21)30(13-15)24(31)18-5-3-2-4-17(18)22-27-11-16(26)12-28-22;1-14-10-18(25)23(28-12-14)32-20-11-16-5-7-19(20)30(13-16)24(31)21-17(6-4-15(2)29-21)22-26-8-3-9-27-22;1-14-8-17(21(28-11-14)22-26-6-3-7-27-22)24(31)30-13-16-4-5-19(30)20(10-16)32-23-18(25)9-15(2)12-29-23;1-14-8-17(22-26-6-3-7-27-22)21(28-11-14)24(31)30-13-16-4-5-19(30)20(10-16)32-23-18(25)9-15(2)12-29-23/h2-5,8,10-12,15,20-21H,6-7,9,13H2,1H3;3-4,6,8-10,12,16,19-20H,5,7,11,13H2,1-2H3;2*3,6-9,11-12,16,19-20H,4-5,10,13H2,1-2H3. The summed E-state index contributed by atoms with van der Waals surface area (Å²) in [5, 5.41) is 1.96. The fraction of sp³-hybridized carbons (Fsp3) is 0.365. The Kier molecular flexibility index (Phi) is 26.6. The fourth-order valence-corrected chi connectivity index (χ4v) is 19.9. The van der Waals surface area contributed by atoms with E-state index in [0.29, 0.717) is 162 Å². The predicted octanol–water partition coefficient (Wildman–Crippen LogP) is 17.5. The van der Waals surface area contributed by atoms with E-state index in [-0.39, 0.29) is 72.2 Å². The van der Waals surface area contributed by atoms with Gasteiger partial charge >= 0.3 is 0 Å². The second kappa shape index (κ2) is 38.8. The van der Waals surface area contributed by atoms with Gasteiger partial charge in [-0.25, -0.2) is 69.2 Å². The van der Waals surface area contributed by atoms with Crippen LogP contribution in [0, 0.1) is 78.0 Å². The monoisotopic (exact) mass is 1800 g/mol. The zero-order valence-corrected chi connectivity index (χ0v) is 74.7. The summed E-state index contributed by atoms with van der Waals surface area (Å²) < 4.78 is 38.3. The second-order valence-corrected chi connectivity index (χ2v) is 35.9. The first-order chi connectivity index (χ1) is 62.0. The number of aromatic nitrogens is 15. The van der Waals surface area contributed by atoms with Crippen LogP contribution in [0.25, 0.3) is 45.7 Å². The van der Waals surface area contributed by atoms with Crippen molar-refractivity contribution in [1.29, 1.82) is 0 Å². The van der Waals surface area contributed by atoms with Crippen LogP contribution in [-0.2, 0) is 0 Å². The van der Waals surface area contributed by atoms with Gasteiger partial charge in [-0.05, 0) is 255 Å². The van der Waals surface area contributed by atoms with Crippen LogP contribution < -0.4 is 18.9 Å². The maximum absolute atomic E-state index is 13.8. The summed E-state index contributed by atoms with van der Waals surface area (Å²) in [6, 6.07) is 27.1. The van der Waals surface area contributed by atoms with Gasteiger partial charge in [-0.1, -0.05) is 64.6 Å². The van der Waals surface area contributed by atoms with Crippen molar-refractivity contribution < 1.29 is 42.5 Å². The highest BCUT2D eigenvalue weighted by molar-refractivity contribution is 6.33. The normalized spacial score (nSPS) is 22.1. The van der Waals surface area contributed by atoms with Crippen LogP contribution in [-0.4, -0.2) is 193 Å². The molecule has 656 valence electrons. The number of amides is 4. The van der Waals surface area contributed by atoms with E-state index >= 15 is 0 Å². The van der Waals surface area contributed by atoms with Crippen molar-refractivity contribution >= 4 is 70.0 Å². The second-order valence-electron chi connectivity index (χ2n) is 34.3. The maximum Gasteiger partial charge on any atom is 0.273 e. The van der Waals surface area contributed by atoms with Gasteiger partial charge in [0.25, 0.3) is 23.6 Å². The minimum atomic E-state index is -0.519. The molecular weight excluding hydrogens is 1710 g/mol. The van der Waals surface area contributed by atoms with E-state index in [1.54, 1.807) is 105 Å². The van der Waals surface area contributed by atoms with Gasteiger partial charge in [-0.15, -0.1) is 0 Å². The average Bonchev–Trinajstić information content (AvgIpc) is 0.775. The number of ether oxygens (including phenoxy) is 4. The highest BCUT2D eigenvalue weighted by Crippen LogP contribution is 2.45. The Hall–Kier alpha value is -12.2. The Morgan fingerprint density at radius 1 is 0.328 bits per heavy atom. The van der Waals surface area contributed by atoms with Gasteiger partial charge in [0.2, 0.25) is 23.5 Å². The van der Waals surface area contributed by atoms with Gasteiger partial charge in [0, 0.05) is 112 Å². The molecule has 4 aliphatic carbocycles. The van der Waals surface area contributed by atoms with Gasteiger partial charge in [0.1, 0.15) is 61.6 Å². The van der Waals surface area contributed by atoms with Crippen LogP contribution >= 0.6 is 46.4 Å². The molecule has 0 radical (unpaired) electrons. The lowest BCUT2D eigenvalue weighted by molar-refractivity contribution is -0.0315. The largest absolute Gasteiger partial charge is 0.471 e. The van der Waals surface area contributed by atoms with Crippen LogP contribution in [0.5, 0.6) is 23.5 Å². The van der Waals surface area contributed by atoms with E-state index in [1.165, 1.54) is 0 Å². The summed E-state index contributed by atoms with van der Waals surface area (Å²) in [6.45, 7) is 16.3. The highest BCUT2D eigenvalue weighted by Gasteiger charge is 2.50. The lowest BCUT2D eigenvalue weighted by atomic mass is 9.77. The molecule has 32 heteroatoms. The summed E-state index contributed by atoms with van der Waals surface area (Å²) in [5.41, 5.74) is 10.7. The number of benzene rings is 1. The number of pyridine rings is 7. The van der Waals surface area contributed by atoms with E-state index in [0.717, 1.165) is 129 Å². The zero-order chi connectivity index (χ0) is 89.0. The molecule has 24 rings (SSSR count). The highest BCUT2D eigenvalue weighted by atomic mass is 35.5. The number of hydrogen-bond acceptors (Lipinski definition) is 23. The molecular formula is C96H94Cl4FN19O8. The minimum absolute atomic E-state index is 0.0447. The van der Waals surface area contributed by atoms with Crippen molar-refractivity contribution in [3.63, 3.8) is 0 Å². The number of rotatable bonds is 16. The molecule has 12 fully saturated rings. The Morgan fingerprint density at radius 2 is 0.672 bits per heavy atom. The van der Waals surface area contributed by atoms with E-state index in [4.69, 9.17) is 65.4 Å². The molecule has 1 aromatic carbocycles. The molecule has 8 saturated heterocycles. The summed E-state index contributed by atoms with van der Waals surface area (Å²) in [6.07, 6.45) is 33.3. The molecule has 0 N–H and O–H groups in total. The van der Waals surface area contributed by atoms with E-state index in [1.807, 2.05) is 129 Å². The van der Waals surface area contributed by atoms with Crippen molar-refractivity contribution in [1.82, 2.24) is 94.4 Å². The lowest BCUT2D eigenvalue weighted by Gasteiger charge is -2.49. The summed E-state index contributed by atoms with van der Waals surface area (Å²) in [4.78, 5) is 128. The predicted molar refractivity (Wildman–Crippen MR) is 480 cm³/mol. The van der Waals surface area contributed by atoms with Crippen molar-refractivity contribution in [2.75, 3.05) is 26.2 Å². The van der Waals surface area contributed by atoms with E-state index in [9.17, 15) is 23.6 Å². The number of carbonyl (C=O) groups is 4. The average molecular weight is 1800 g/mol. The molecule has 27 nitrogen and oxygen atoms in total. The van der Waals surface area contributed by atoms with Gasteiger partial charge < -0.3 is 38.5 Å². The third-order valence-electron chi connectivity index (χ3n) is 24.9. The number of fused-ring (bicyclic) bond motifs is 12. The molecule has 0 spiro atoms. The van der Waals surface area contributed by atoms with Gasteiger partial charge in [0.05, 0.1) is 58.8 Å². The zero-order valence-electron chi connectivity index (χ0n) is 71.6. The van der Waals surface area contributed by atoms with E-state index < -0.39 is 5.82 Å². The Balaban J connectivity index is 0.000000120. The van der Waals surface area contributed by atoms with Crippen LogP contribution in [0.2, 0.25) is 20.1 Å². The first-order valence-corrected chi connectivity index (χ1v) is 44.7. The van der Waals surface area contributed by atoms with Gasteiger partial charge in [0.15, 0.2) is 29.1 Å². The topological polar surface area (TPSA) is 312 Å². The van der Waals surface area contributed by atoms with Crippen LogP contribution in [0.3, 0.4) is 0 Å². The number of piperidine rings is 8.